The summed E-state index contributed by atoms with van der Waals surface area (Å²) in [5, 5.41) is 15.3. The molecule has 262 valence electrons. The number of halogens is 3. The number of hydrogen-bond acceptors (Lipinski definition) is 7. The Kier molecular flexibility index (Phi) is 9.71. The van der Waals surface area contributed by atoms with Gasteiger partial charge in [0.15, 0.2) is 0 Å². The zero-order valence-corrected chi connectivity index (χ0v) is 27.1. The van der Waals surface area contributed by atoms with Crippen molar-refractivity contribution in [3.63, 3.8) is 0 Å². The molecule has 2 fully saturated rings. The van der Waals surface area contributed by atoms with E-state index in [-0.39, 0.29) is 38.9 Å². The highest BCUT2D eigenvalue weighted by atomic mass is 19.4. The minimum atomic E-state index is -4.54. The number of carbonyl (C=O) groups is 5. The van der Waals surface area contributed by atoms with Gasteiger partial charge in [-0.15, -0.1) is 0 Å². The van der Waals surface area contributed by atoms with Gasteiger partial charge in [-0.1, -0.05) is 31.1 Å². The number of aliphatic carboxylic acids is 1. The molecule has 0 aromatic heterocycles. The van der Waals surface area contributed by atoms with Crippen molar-refractivity contribution in [1.29, 1.82) is 0 Å². The molecule has 15 heteroatoms. The number of rotatable bonds is 3. The molecule has 12 nitrogen and oxygen atoms in total. The minimum absolute atomic E-state index is 0.0174. The van der Waals surface area contributed by atoms with Gasteiger partial charge in [0.1, 0.15) is 29.3 Å². The van der Waals surface area contributed by atoms with Crippen molar-refractivity contribution < 1.29 is 51.7 Å². The predicted octanol–water partition coefficient (Wildman–Crippen LogP) is 4.50. The summed E-state index contributed by atoms with van der Waals surface area (Å²) in [4.78, 5) is 68.5. The first-order chi connectivity index (χ1) is 22.5. The van der Waals surface area contributed by atoms with Crippen LogP contribution in [0, 0.1) is 5.92 Å². The van der Waals surface area contributed by atoms with E-state index < -0.39 is 77.0 Å². The van der Waals surface area contributed by atoms with Crippen molar-refractivity contribution in [3.8, 4) is 0 Å². The van der Waals surface area contributed by atoms with E-state index >= 15 is 0 Å². The molecule has 4 amide bonds. The maximum absolute atomic E-state index is 14.1. The topological polar surface area (TPSA) is 155 Å². The molecule has 0 bridgehead atoms. The van der Waals surface area contributed by atoms with Crippen LogP contribution in [0.4, 0.5) is 22.8 Å². The number of nitrogens with zero attached hydrogens (tertiary/aromatic N) is 2. The maximum Gasteiger partial charge on any atom is 0.416 e. The Labute approximate surface area is 276 Å². The van der Waals surface area contributed by atoms with E-state index in [0.717, 1.165) is 25.0 Å². The number of carbonyl (C=O) groups excluding carboxylic acids is 4. The van der Waals surface area contributed by atoms with Gasteiger partial charge >= 0.3 is 24.3 Å². The van der Waals surface area contributed by atoms with Gasteiger partial charge in [-0.2, -0.15) is 13.2 Å². The van der Waals surface area contributed by atoms with Gasteiger partial charge in [-0.25, -0.2) is 14.4 Å². The van der Waals surface area contributed by atoms with E-state index in [1.807, 2.05) is 6.08 Å². The highest BCUT2D eigenvalue weighted by Crippen LogP contribution is 2.45. The molecule has 1 aromatic rings. The van der Waals surface area contributed by atoms with Gasteiger partial charge in [-0.3, -0.25) is 14.5 Å². The number of alkyl carbamates (subject to hydrolysis) is 1. The third-order valence-electron chi connectivity index (χ3n) is 9.09. The first-order valence-electron chi connectivity index (χ1n) is 16.1. The Morgan fingerprint density at radius 2 is 1.79 bits per heavy atom. The van der Waals surface area contributed by atoms with Crippen molar-refractivity contribution in [3.05, 3.63) is 47.0 Å². The number of amides is 4. The van der Waals surface area contributed by atoms with Crippen LogP contribution in [-0.4, -0.2) is 80.7 Å². The molecule has 0 radical (unpaired) electrons. The lowest BCUT2D eigenvalue weighted by Crippen LogP contribution is -2.56. The number of carboxylic acid groups (broad SMARTS) is 1. The normalized spacial score (nSPS) is 28.5. The molecular formula is C33H41F3N4O8. The maximum atomic E-state index is 14.1. The Bertz CT molecular complexity index is 1490. The van der Waals surface area contributed by atoms with Crippen LogP contribution >= 0.6 is 0 Å². The zero-order valence-electron chi connectivity index (χ0n) is 27.1. The van der Waals surface area contributed by atoms with Crippen LogP contribution in [0.1, 0.15) is 82.4 Å². The largest absolute Gasteiger partial charge is 0.479 e. The molecule has 3 heterocycles. The fourth-order valence-electron chi connectivity index (χ4n) is 6.51. The summed E-state index contributed by atoms with van der Waals surface area (Å²) in [5.74, 6) is -2.99. The molecule has 4 aliphatic rings. The number of alkyl halides is 3. The minimum Gasteiger partial charge on any atom is -0.479 e. The fraction of sp³-hybridized carbons (Fsp3) is 0.606. The first kappa shape index (κ1) is 35.0. The second kappa shape index (κ2) is 13.3. The number of ether oxygens (including phenoxy) is 2. The summed E-state index contributed by atoms with van der Waals surface area (Å²) in [6.07, 6.45) is -0.507. The number of hydrogen-bond donors (Lipinski definition) is 3. The van der Waals surface area contributed by atoms with Gasteiger partial charge in [-0.05, 0) is 69.7 Å². The average Bonchev–Trinajstić information content (AvgIpc) is 3.30. The number of benzene rings is 1. The summed E-state index contributed by atoms with van der Waals surface area (Å²) in [6, 6.07) is 0.954. The monoisotopic (exact) mass is 678 g/mol. The summed E-state index contributed by atoms with van der Waals surface area (Å²) in [7, 11) is 0. The van der Waals surface area contributed by atoms with Crippen molar-refractivity contribution in [2.45, 2.75) is 114 Å². The summed E-state index contributed by atoms with van der Waals surface area (Å²) in [6.45, 7) is 4.71. The van der Waals surface area contributed by atoms with Crippen molar-refractivity contribution in [2.75, 3.05) is 6.54 Å². The molecular weight excluding hydrogens is 637 g/mol. The van der Waals surface area contributed by atoms with Gasteiger partial charge < -0.3 is 30.1 Å². The summed E-state index contributed by atoms with van der Waals surface area (Å²) in [5.41, 5.74) is -2.34. The van der Waals surface area contributed by atoms with E-state index in [1.54, 1.807) is 26.8 Å². The zero-order chi connectivity index (χ0) is 35.0. The smallest absolute Gasteiger partial charge is 0.416 e. The van der Waals surface area contributed by atoms with Gasteiger partial charge in [0.05, 0.1) is 12.1 Å². The van der Waals surface area contributed by atoms with Gasteiger partial charge in [0, 0.05) is 25.4 Å². The molecule has 1 saturated carbocycles. The highest BCUT2D eigenvalue weighted by molar-refractivity contribution is 5.96. The summed E-state index contributed by atoms with van der Waals surface area (Å²) < 4.78 is 50.8. The van der Waals surface area contributed by atoms with Crippen molar-refractivity contribution in [2.24, 2.45) is 5.92 Å². The second-order valence-electron chi connectivity index (χ2n) is 13.9. The molecule has 0 unspecified atom stereocenters. The van der Waals surface area contributed by atoms with Gasteiger partial charge in [0.25, 0.3) is 0 Å². The molecule has 48 heavy (non-hydrogen) atoms. The molecule has 0 spiro atoms. The van der Waals surface area contributed by atoms with Crippen LogP contribution in [0.5, 0.6) is 0 Å². The molecule has 5 rings (SSSR count). The fourth-order valence-corrected chi connectivity index (χ4v) is 6.51. The van der Waals surface area contributed by atoms with Crippen LogP contribution in [0.15, 0.2) is 30.4 Å². The highest BCUT2D eigenvalue weighted by Gasteiger charge is 2.61. The van der Waals surface area contributed by atoms with E-state index in [9.17, 15) is 42.3 Å². The molecule has 1 aliphatic carbocycles. The third kappa shape index (κ3) is 7.87. The Morgan fingerprint density at radius 1 is 1.06 bits per heavy atom. The lowest BCUT2D eigenvalue weighted by atomic mass is 10.0. The van der Waals surface area contributed by atoms with Crippen LogP contribution in [0.25, 0.3) is 0 Å². The van der Waals surface area contributed by atoms with E-state index in [1.165, 1.54) is 15.9 Å². The molecule has 3 N–H and O–H groups in total. The second-order valence-corrected chi connectivity index (χ2v) is 13.9. The molecule has 3 aliphatic heterocycles. The van der Waals surface area contributed by atoms with E-state index in [2.05, 4.69) is 10.6 Å². The Morgan fingerprint density at radius 3 is 2.48 bits per heavy atom. The number of carboxylic acids is 1. The quantitative estimate of drug-likeness (QED) is 0.395. The molecule has 1 aromatic carbocycles. The SMILES string of the molecule is CC(C)(C)OC(=O)N[C@H]1CCCCC/C=C\[C@H]2C[C@@]2(C(=O)O)NC(=O)[C@@H]2C[C@@H](OC(=O)N3Cc4ccc(C(F)(F)F)cc4C3)CN2C1=O. The predicted molar refractivity (Wildman–Crippen MR) is 163 cm³/mol. The third-order valence-corrected chi connectivity index (χ3v) is 9.09. The number of allylic oxidation sites excluding steroid dienone is 1. The van der Waals surface area contributed by atoms with Crippen LogP contribution in [0.3, 0.4) is 0 Å². The standard InChI is InChI=1S/C33H41F3N4O8/c1-31(2,3)48-29(45)37-24-10-8-6-4-5-7-9-22-15-32(22,28(43)44)38-26(41)25-14-23(18-40(25)27(24)42)47-30(46)39-16-19-11-12-21(33(34,35)36)13-20(19)17-39/h7,9,11-13,22-25H,4-6,8,10,14-18H2,1-3H3,(H,37,45)(H,38,41)(H,43,44)/b9-7-/t22-,23+,24-,25-,32+/m0/s1. The lowest BCUT2D eigenvalue weighted by Gasteiger charge is -2.30. The molecule has 1 saturated heterocycles. The Hall–Kier alpha value is -4.30. The van der Waals surface area contributed by atoms with Crippen LogP contribution < -0.4 is 10.6 Å². The number of fused-ring (bicyclic) bond motifs is 3. The van der Waals surface area contributed by atoms with Gasteiger partial charge in [0.2, 0.25) is 11.8 Å². The van der Waals surface area contributed by atoms with Crippen molar-refractivity contribution in [1.82, 2.24) is 20.4 Å². The van der Waals surface area contributed by atoms with E-state index in [0.29, 0.717) is 24.0 Å². The van der Waals surface area contributed by atoms with Crippen LogP contribution in [0.2, 0.25) is 0 Å². The summed E-state index contributed by atoms with van der Waals surface area (Å²) >= 11 is 0. The average molecular weight is 679 g/mol. The van der Waals surface area contributed by atoms with Crippen LogP contribution in [-0.2, 0) is 43.1 Å². The lowest BCUT2D eigenvalue weighted by molar-refractivity contribution is -0.145. The number of nitrogens with one attached hydrogen (secondary N) is 2. The Balaban J connectivity index is 1.36. The van der Waals surface area contributed by atoms with Crippen molar-refractivity contribution >= 4 is 30.0 Å². The van der Waals surface area contributed by atoms with E-state index in [4.69, 9.17) is 9.47 Å². The molecule has 5 atom stereocenters. The first-order valence-corrected chi connectivity index (χ1v) is 16.1.